The number of aliphatic hydroxyl groups is 2. The molecule has 2 rings (SSSR count). The molecule has 2 nitrogen and oxygen atoms in total. The van der Waals surface area contributed by atoms with Crippen molar-refractivity contribution >= 4 is 0 Å². The second-order valence-corrected chi connectivity index (χ2v) is 6.81. The molecule has 3 atom stereocenters. The molecule has 0 saturated heterocycles. The molecule has 0 aliphatic heterocycles. The molecule has 0 aromatic carbocycles. The molecule has 0 amide bonds. The zero-order valence-electron chi connectivity index (χ0n) is 11.4. The van der Waals surface area contributed by atoms with Gasteiger partial charge in [0.15, 0.2) is 0 Å². The van der Waals surface area contributed by atoms with Gasteiger partial charge in [0.1, 0.15) is 0 Å². The summed E-state index contributed by atoms with van der Waals surface area (Å²) < 4.78 is 0. The molecule has 0 aromatic heterocycles. The molecule has 0 bridgehead atoms. The summed E-state index contributed by atoms with van der Waals surface area (Å²) in [6.07, 6.45) is 6.96. The molecule has 2 N–H and O–H groups in total. The highest BCUT2D eigenvalue weighted by atomic mass is 16.3. The molecule has 2 aliphatic carbocycles. The topological polar surface area (TPSA) is 40.5 Å². The molecule has 1 fully saturated rings. The fourth-order valence-electron chi connectivity index (χ4n) is 4.51. The van der Waals surface area contributed by atoms with Crippen molar-refractivity contribution < 1.29 is 10.2 Å². The number of rotatable bonds is 2. The van der Waals surface area contributed by atoms with E-state index >= 15 is 0 Å². The molecule has 0 unspecified atom stereocenters. The number of fused-ring (bicyclic) bond motifs is 1. The van der Waals surface area contributed by atoms with Crippen molar-refractivity contribution in [3.63, 3.8) is 0 Å². The first-order valence-corrected chi connectivity index (χ1v) is 6.86. The van der Waals surface area contributed by atoms with Crippen molar-refractivity contribution in [3.8, 4) is 0 Å². The van der Waals surface area contributed by atoms with Crippen LogP contribution in [0.3, 0.4) is 0 Å². The SMILES string of the molecule is CC1(C)CCC[C@]2(C)[C@@H](CO)C(CO)=CC[C@@H]12. The highest BCUT2D eigenvalue weighted by Crippen LogP contribution is 2.59. The second-order valence-electron chi connectivity index (χ2n) is 6.81. The van der Waals surface area contributed by atoms with Crippen LogP contribution in [0.25, 0.3) is 0 Å². The van der Waals surface area contributed by atoms with Gasteiger partial charge < -0.3 is 10.2 Å². The van der Waals surface area contributed by atoms with E-state index in [0.29, 0.717) is 11.3 Å². The van der Waals surface area contributed by atoms with Gasteiger partial charge >= 0.3 is 0 Å². The Bertz CT molecular complexity index is 319. The first-order valence-electron chi connectivity index (χ1n) is 6.86. The van der Waals surface area contributed by atoms with Crippen molar-refractivity contribution in [3.05, 3.63) is 11.6 Å². The summed E-state index contributed by atoms with van der Waals surface area (Å²) in [6.45, 7) is 7.33. The van der Waals surface area contributed by atoms with Gasteiger partial charge in [0.05, 0.1) is 13.2 Å². The Morgan fingerprint density at radius 1 is 1.24 bits per heavy atom. The van der Waals surface area contributed by atoms with Crippen LogP contribution in [0.2, 0.25) is 0 Å². The monoisotopic (exact) mass is 238 g/mol. The summed E-state index contributed by atoms with van der Waals surface area (Å²) in [4.78, 5) is 0. The minimum absolute atomic E-state index is 0.105. The quantitative estimate of drug-likeness (QED) is 0.726. The number of hydrogen-bond acceptors (Lipinski definition) is 2. The van der Waals surface area contributed by atoms with Crippen LogP contribution in [-0.4, -0.2) is 23.4 Å². The van der Waals surface area contributed by atoms with Gasteiger partial charge in [0.2, 0.25) is 0 Å². The van der Waals surface area contributed by atoms with Crippen LogP contribution in [-0.2, 0) is 0 Å². The summed E-state index contributed by atoms with van der Waals surface area (Å²) in [5, 5.41) is 19.2. The van der Waals surface area contributed by atoms with Crippen LogP contribution in [0.15, 0.2) is 11.6 Å². The van der Waals surface area contributed by atoms with Crippen molar-refractivity contribution in [1.82, 2.24) is 0 Å². The van der Waals surface area contributed by atoms with Gasteiger partial charge in [-0.2, -0.15) is 0 Å². The Hall–Kier alpha value is -0.340. The molecule has 2 aliphatic rings. The van der Waals surface area contributed by atoms with Crippen molar-refractivity contribution in [2.24, 2.45) is 22.7 Å². The van der Waals surface area contributed by atoms with Gasteiger partial charge in [-0.25, -0.2) is 0 Å². The van der Waals surface area contributed by atoms with E-state index in [-0.39, 0.29) is 24.5 Å². The largest absolute Gasteiger partial charge is 0.396 e. The average Bonchev–Trinajstić information content (AvgIpc) is 2.26. The van der Waals surface area contributed by atoms with Gasteiger partial charge in [0, 0.05) is 5.92 Å². The molecule has 17 heavy (non-hydrogen) atoms. The van der Waals surface area contributed by atoms with Gasteiger partial charge in [0.25, 0.3) is 0 Å². The van der Waals surface area contributed by atoms with E-state index in [1.165, 1.54) is 19.3 Å². The minimum Gasteiger partial charge on any atom is -0.396 e. The third kappa shape index (κ3) is 1.96. The van der Waals surface area contributed by atoms with Crippen LogP contribution < -0.4 is 0 Å². The van der Waals surface area contributed by atoms with E-state index < -0.39 is 0 Å². The van der Waals surface area contributed by atoms with Gasteiger partial charge in [-0.3, -0.25) is 0 Å². The summed E-state index contributed by atoms with van der Waals surface area (Å²) in [6, 6.07) is 0. The van der Waals surface area contributed by atoms with Crippen molar-refractivity contribution in [2.75, 3.05) is 13.2 Å². The zero-order chi connectivity index (χ0) is 12.7. The summed E-state index contributed by atoms with van der Waals surface area (Å²) in [5.74, 6) is 0.794. The molecule has 98 valence electrons. The fraction of sp³-hybridized carbons (Fsp3) is 0.867. The van der Waals surface area contributed by atoms with E-state index in [1.54, 1.807) is 0 Å². The normalized spacial score (nSPS) is 40.6. The smallest absolute Gasteiger partial charge is 0.0645 e. The predicted molar refractivity (Wildman–Crippen MR) is 69.6 cm³/mol. The summed E-state index contributed by atoms with van der Waals surface area (Å²) in [5.41, 5.74) is 1.59. The Morgan fingerprint density at radius 2 is 1.94 bits per heavy atom. The molecule has 1 saturated carbocycles. The zero-order valence-corrected chi connectivity index (χ0v) is 11.4. The third-order valence-electron chi connectivity index (χ3n) is 5.50. The van der Waals surface area contributed by atoms with E-state index in [4.69, 9.17) is 0 Å². The Kier molecular flexibility index (Phi) is 3.39. The van der Waals surface area contributed by atoms with Crippen molar-refractivity contribution in [1.29, 1.82) is 0 Å². The lowest BCUT2D eigenvalue weighted by Crippen LogP contribution is -2.50. The molecule has 0 aromatic rings. The maximum absolute atomic E-state index is 9.71. The second kappa shape index (κ2) is 4.40. The lowest BCUT2D eigenvalue weighted by molar-refractivity contribution is -0.0539. The maximum atomic E-state index is 9.71. The molecule has 0 heterocycles. The van der Waals surface area contributed by atoms with Gasteiger partial charge in [-0.15, -0.1) is 0 Å². The predicted octanol–water partition coefficient (Wildman–Crippen LogP) is 2.75. The molecular formula is C15H26O2. The first-order chi connectivity index (χ1) is 7.95. The highest BCUT2D eigenvalue weighted by molar-refractivity contribution is 5.20. The fourth-order valence-corrected chi connectivity index (χ4v) is 4.51. The lowest BCUT2D eigenvalue weighted by atomic mass is 9.49. The van der Waals surface area contributed by atoms with Crippen LogP contribution in [0.4, 0.5) is 0 Å². The standard InChI is InChI=1S/C15H26O2/c1-14(2)7-4-8-15(3)12(10-17)11(9-16)5-6-13(14)15/h5,12-13,16-17H,4,6-10H2,1-3H3/t12-,13-,15+/m0/s1. The Labute approximate surface area is 105 Å². The summed E-state index contributed by atoms with van der Waals surface area (Å²) in [7, 11) is 0. The van der Waals surface area contributed by atoms with Gasteiger partial charge in [-0.1, -0.05) is 33.3 Å². The van der Waals surface area contributed by atoms with Crippen LogP contribution in [0.1, 0.15) is 46.5 Å². The molecule has 2 heteroatoms. The Morgan fingerprint density at radius 3 is 2.53 bits per heavy atom. The molecule has 0 spiro atoms. The minimum atomic E-state index is 0.105. The highest BCUT2D eigenvalue weighted by Gasteiger charge is 2.51. The van der Waals surface area contributed by atoms with E-state index in [9.17, 15) is 10.2 Å². The van der Waals surface area contributed by atoms with Crippen LogP contribution in [0.5, 0.6) is 0 Å². The lowest BCUT2D eigenvalue weighted by Gasteiger charge is -2.56. The Balaban J connectivity index is 2.38. The maximum Gasteiger partial charge on any atom is 0.0645 e. The summed E-state index contributed by atoms with van der Waals surface area (Å²) >= 11 is 0. The third-order valence-corrected chi connectivity index (χ3v) is 5.50. The van der Waals surface area contributed by atoms with E-state index in [1.807, 2.05) is 0 Å². The first kappa shape index (κ1) is 13.1. The van der Waals surface area contributed by atoms with Crippen LogP contribution in [0, 0.1) is 22.7 Å². The number of hydrogen-bond donors (Lipinski definition) is 2. The van der Waals surface area contributed by atoms with Crippen LogP contribution >= 0.6 is 0 Å². The van der Waals surface area contributed by atoms with Gasteiger partial charge in [-0.05, 0) is 41.6 Å². The van der Waals surface area contributed by atoms with Crippen molar-refractivity contribution in [2.45, 2.75) is 46.5 Å². The molecule has 0 radical (unpaired) electrons. The average molecular weight is 238 g/mol. The number of allylic oxidation sites excluding steroid dienone is 1. The van der Waals surface area contributed by atoms with E-state index in [2.05, 4.69) is 26.8 Å². The molecular weight excluding hydrogens is 212 g/mol. The van der Waals surface area contributed by atoms with E-state index in [0.717, 1.165) is 12.0 Å². The number of aliphatic hydroxyl groups excluding tert-OH is 2.